The van der Waals surface area contributed by atoms with Gasteiger partial charge in [0.05, 0.1) is 4.90 Å². The smallest absolute Gasteiger partial charge is 0.211 e. The molecular formula is C16H15NO3S. The Morgan fingerprint density at radius 1 is 0.952 bits per heavy atom. The minimum absolute atomic E-state index is 0.0984. The fraction of sp³-hybridized carbons (Fsp3) is 0.0625. The van der Waals surface area contributed by atoms with Gasteiger partial charge in [-0.05, 0) is 31.2 Å². The quantitative estimate of drug-likeness (QED) is 0.862. The predicted octanol–water partition coefficient (Wildman–Crippen LogP) is 3.00. The first kappa shape index (κ1) is 15.0. The van der Waals surface area contributed by atoms with Gasteiger partial charge in [-0.3, -0.25) is 4.79 Å². The lowest BCUT2D eigenvalue weighted by Gasteiger charge is -2.07. The van der Waals surface area contributed by atoms with Gasteiger partial charge in [-0.15, -0.1) is 0 Å². The summed E-state index contributed by atoms with van der Waals surface area (Å²) in [6, 6.07) is 16.9. The summed E-state index contributed by atoms with van der Waals surface area (Å²) in [5, 5.41) is 2.84. The van der Waals surface area contributed by atoms with Crippen molar-refractivity contribution in [1.82, 2.24) is 0 Å². The zero-order valence-corrected chi connectivity index (χ0v) is 12.3. The van der Waals surface area contributed by atoms with Crippen molar-refractivity contribution in [3.05, 3.63) is 71.8 Å². The van der Waals surface area contributed by atoms with Gasteiger partial charge in [0.2, 0.25) is 9.84 Å². The van der Waals surface area contributed by atoms with Crippen molar-refractivity contribution in [2.24, 2.45) is 0 Å². The first-order valence-corrected chi connectivity index (χ1v) is 7.83. The average Bonchev–Trinajstić information content (AvgIpc) is 2.49. The van der Waals surface area contributed by atoms with Crippen LogP contribution in [-0.2, 0) is 14.6 Å². The Balaban J connectivity index is 2.38. The number of allylic oxidation sites excluding steroid dienone is 1. The third-order valence-electron chi connectivity index (χ3n) is 2.83. The van der Waals surface area contributed by atoms with E-state index in [2.05, 4.69) is 5.32 Å². The number of Topliss-reactive ketones (excluding diaryl/α,β-unsaturated/α-hetero) is 1. The molecule has 4 nitrogen and oxygen atoms in total. The van der Waals surface area contributed by atoms with Crippen LogP contribution in [-0.4, -0.2) is 14.2 Å². The van der Waals surface area contributed by atoms with Gasteiger partial charge in [-0.25, -0.2) is 8.42 Å². The van der Waals surface area contributed by atoms with E-state index in [4.69, 9.17) is 0 Å². The van der Waals surface area contributed by atoms with Gasteiger partial charge in [0.1, 0.15) is 4.91 Å². The molecule has 21 heavy (non-hydrogen) atoms. The lowest BCUT2D eigenvalue weighted by atomic mass is 10.3. The van der Waals surface area contributed by atoms with Crippen molar-refractivity contribution in [3.63, 3.8) is 0 Å². The van der Waals surface area contributed by atoms with Gasteiger partial charge < -0.3 is 5.32 Å². The predicted molar refractivity (Wildman–Crippen MR) is 82.5 cm³/mol. The second kappa shape index (κ2) is 6.37. The Bertz CT molecular complexity index is 751. The van der Waals surface area contributed by atoms with Crippen molar-refractivity contribution >= 4 is 21.3 Å². The van der Waals surface area contributed by atoms with Gasteiger partial charge in [0.15, 0.2) is 5.78 Å². The van der Waals surface area contributed by atoms with Crippen molar-refractivity contribution in [2.45, 2.75) is 11.8 Å². The van der Waals surface area contributed by atoms with E-state index in [0.29, 0.717) is 5.69 Å². The SMILES string of the molecule is CC(=O)C(=CNc1ccccc1)S(=O)(=O)c1ccccc1. The molecule has 0 saturated carbocycles. The van der Waals surface area contributed by atoms with Crippen LogP contribution in [0.5, 0.6) is 0 Å². The number of carbonyl (C=O) groups is 1. The van der Waals surface area contributed by atoms with Crippen LogP contribution < -0.4 is 5.32 Å². The van der Waals surface area contributed by atoms with Crippen LogP contribution in [0.4, 0.5) is 5.69 Å². The summed E-state index contributed by atoms with van der Waals surface area (Å²) >= 11 is 0. The normalized spacial score (nSPS) is 12.0. The number of ketones is 1. The third kappa shape index (κ3) is 3.58. The summed E-state index contributed by atoms with van der Waals surface area (Å²) in [6.07, 6.45) is 1.24. The first-order chi connectivity index (χ1) is 10.0. The average molecular weight is 301 g/mol. The molecule has 0 unspecified atom stereocenters. The summed E-state index contributed by atoms with van der Waals surface area (Å²) in [5.74, 6) is -0.512. The minimum Gasteiger partial charge on any atom is -0.360 e. The fourth-order valence-electron chi connectivity index (χ4n) is 1.78. The number of sulfone groups is 1. The molecule has 5 heteroatoms. The van der Waals surface area contributed by atoms with E-state index in [0.717, 1.165) is 0 Å². The van der Waals surface area contributed by atoms with Crippen LogP contribution in [0.1, 0.15) is 6.92 Å². The van der Waals surface area contributed by atoms with Crippen LogP contribution in [0.3, 0.4) is 0 Å². The fourth-order valence-corrected chi connectivity index (χ4v) is 3.14. The highest BCUT2D eigenvalue weighted by Crippen LogP contribution is 2.20. The monoisotopic (exact) mass is 301 g/mol. The van der Waals surface area contributed by atoms with Crippen LogP contribution in [0.15, 0.2) is 76.7 Å². The topological polar surface area (TPSA) is 63.2 Å². The van der Waals surface area contributed by atoms with E-state index in [1.807, 2.05) is 18.2 Å². The number of nitrogens with one attached hydrogen (secondary N) is 1. The van der Waals surface area contributed by atoms with Crippen molar-refractivity contribution in [3.8, 4) is 0 Å². The minimum atomic E-state index is -3.82. The largest absolute Gasteiger partial charge is 0.360 e. The van der Waals surface area contributed by atoms with Gasteiger partial charge in [0, 0.05) is 11.9 Å². The maximum absolute atomic E-state index is 12.5. The third-order valence-corrected chi connectivity index (χ3v) is 4.71. The highest BCUT2D eigenvalue weighted by Gasteiger charge is 2.24. The van der Waals surface area contributed by atoms with E-state index in [-0.39, 0.29) is 9.80 Å². The zero-order valence-electron chi connectivity index (χ0n) is 11.5. The summed E-state index contributed by atoms with van der Waals surface area (Å²) < 4.78 is 24.9. The van der Waals surface area contributed by atoms with Crippen LogP contribution in [0.25, 0.3) is 0 Å². The molecule has 0 fully saturated rings. The maximum atomic E-state index is 12.5. The van der Waals surface area contributed by atoms with Gasteiger partial charge >= 0.3 is 0 Å². The molecule has 2 aromatic rings. The number of hydrogen-bond donors (Lipinski definition) is 1. The highest BCUT2D eigenvalue weighted by atomic mass is 32.2. The molecule has 0 spiro atoms. The Labute approximate surface area is 124 Å². The molecule has 0 heterocycles. The van der Waals surface area contributed by atoms with Gasteiger partial charge in [-0.2, -0.15) is 0 Å². The molecule has 2 rings (SSSR count). The van der Waals surface area contributed by atoms with Crippen molar-refractivity contribution in [2.75, 3.05) is 5.32 Å². The summed E-state index contributed by atoms with van der Waals surface area (Å²) in [7, 11) is -3.82. The Kier molecular flexibility index (Phi) is 4.55. The summed E-state index contributed by atoms with van der Waals surface area (Å²) in [6.45, 7) is 1.24. The number of rotatable bonds is 5. The molecule has 0 aliphatic heterocycles. The number of carbonyl (C=O) groups excluding carboxylic acids is 1. The molecule has 2 aromatic carbocycles. The number of para-hydroxylation sites is 1. The molecule has 0 saturated heterocycles. The van der Waals surface area contributed by atoms with Crippen LogP contribution in [0.2, 0.25) is 0 Å². The first-order valence-electron chi connectivity index (χ1n) is 6.34. The number of hydrogen-bond acceptors (Lipinski definition) is 4. The number of benzene rings is 2. The Morgan fingerprint density at radius 3 is 2.00 bits per heavy atom. The molecule has 0 aliphatic carbocycles. The molecular weight excluding hydrogens is 286 g/mol. The van der Waals surface area contributed by atoms with Gasteiger partial charge in [-0.1, -0.05) is 36.4 Å². The number of anilines is 1. The van der Waals surface area contributed by atoms with E-state index in [9.17, 15) is 13.2 Å². The van der Waals surface area contributed by atoms with Crippen LogP contribution in [0, 0.1) is 0 Å². The molecule has 0 bridgehead atoms. The second-order valence-corrected chi connectivity index (χ2v) is 6.31. The van der Waals surface area contributed by atoms with E-state index < -0.39 is 15.6 Å². The van der Waals surface area contributed by atoms with Crippen molar-refractivity contribution in [1.29, 1.82) is 0 Å². The highest BCUT2D eigenvalue weighted by molar-refractivity contribution is 7.96. The van der Waals surface area contributed by atoms with E-state index in [1.165, 1.54) is 25.3 Å². The molecule has 1 N–H and O–H groups in total. The van der Waals surface area contributed by atoms with E-state index >= 15 is 0 Å². The summed E-state index contributed by atoms with van der Waals surface area (Å²) in [5.41, 5.74) is 0.708. The summed E-state index contributed by atoms with van der Waals surface area (Å²) in [4.78, 5) is 11.5. The van der Waals surface area contributed by atoms with E-state index in [1.54, 1.807) is 30.3 Å². The molecule has 0 aliphatic rings. The second-order valence-electron chi connectivity index (χ2n) is 4.39. The molecule has 108 valence electrons. The standard InChI is InChI=1S/C16H15NO3S/c1-13(18)16(12-17-14-8-4-2-5-9-14)21(19,20)15-10-6-3-7-11-15/h2-12,17H,1H3. The zero-order chi connectivity index (χ0) is 15.3. The van der Waals surface area contributed by atoms with Crippen molar-refractivity contribution < 1.29 is 13.2 Å². The Hall–Kier alpha value is -2.40. The lowest BCUT2D eigenvalue weighted by molar-refractivity contribution is -0.113. The molecule has 0 amide bonds. The lowest BCUT2D eigenvalue weighted by Crippen LogP contribution is -2.13. The maximum Gasteiger partial charge on any atom is 0.211 e. The Morgan fingerprint density at radius 2 is 1.48 bits per heavy atom. The molecule has 0 aromatic heterocycles. The molecule has 0 atom stereocenters. The molecule has 0 radical (unpaired) electrons. The van der Waals surface area contributed by atoms with Crippen LogP contribution >= 0.6 is 0 Å². The van der Waals surface area contributed by atoms with Gasteiger partial charge in [0.25, 0.3) is 0 Å².